The molecule has 8 heteroatoms. The van der Waals surface area contributed by atoms with Gasteiger partial charge in [0.1, 0.15) is 11.5 Å². The molecule has 0 unspecified atom stereocenters. The molecule has 0 fully saturated rings. The van der Waals surface area contributed by atoms with Gasteiger partial charge in [-0.3, -0.25) is 5.22 Å². The van der Waals surface area contributed by atoms with E-state index in [0.29, 0.717) is 22.9 Å². The minimum Gasteiger partial charge on any atom is -0.496 e. The first-order valence-corrected chi connectivity index (χ1v) is 6.20. The summed E-state index contributed by atoms with van der Waals surface area (Å²) >= 11 is 0. The third-order valence-electron chi connectivity index (χ3n) is 2.98. The van der Waals surface area contributed by atoms with E-state index in [9.17, 15) is 0 Å². The van der Waals surface area contributed by atoms with E-state index < -0.39 is 0 Å². The molecule has 0 aromatic carbocycles. The lowest BCUT2D eigenvalue weighted by Crippen LogP contribution is -2.09. The number of ether oxygens (including phenoxy) is 2. The highest BCUT2D eigenvalue weighted by Gasteiger charge is 2.19. The van der Waals surface area contributed by atoms with Crippen LogP contribution in [0.25, 0.3) is 10.6 Å². The summed E-state index contributed by atoms with van der Waals surface area (Å²) < 4.78 is 10.7. The van der Waals surface area contributed by atoms with Crippen molar-refractivity contribution in [1.29, 1.82) is 5.39 Å². The summed E-state index contributed by atoms with van der Waals surface area (Å²) in [5, 5.41) is 21.1. The van der Waals surface area contributed by atoms with E-state index in [0.717, 1.165) is 11.1 Å². The van der Waals surface area contributed by atoms with Crippen molar-refractivity contribution in [1.82, 2.24) is 0 Å². The second-order valence-electron chi connectivity index (χ2n) is 4.15. The van der Waals surface area contributed by atoms with E-state index in [2.05, 4.69) is 20.5 Å². The Hall–Kier alpha value is -3.34. The normalized spacial score (nSPS) is 23.9. The van der Waals surface area contributed by atoms with Gasteiger partial charge in [-0.25, -0.2) is 0 Å². The molecule has 0 heterocycles. The van der Waals surface area contributed by atoms with Crippen LogP contribution in [0.15, 0.2) is 74.5 Å². The number of allylic oxidation sites excluding steroid dienone is 6. The van der Waals surface area contributed by atoms with Gasteiger partial charge in [-0.05, 0) is 23.9 Å². The van der Waals surface area contributed by atoms with Gasteiger partial charge >= 0.3 is 5.08 Å². The van der Waals surface area contributed by atoms with Crippen molar-refractivity contribution in [2.24, 2.45) is 15.4 Å². The molecule has 0 N–H and O–H groups in total. The Morgan fingerprint density at radius 2 is 1.50 bits per heavy atom. The fourth-order valence-corrected chi connectivity index (χ4v) is 2.03. The predicted molar refractivity (Wildman–Crippen MR) is 81.2 cm³/mol. The van der Waals surface area contributed by atoms with Crippen molar-refractivity contribution >= 4 is 11.4 Å². The highest BCUT2D eigenvalue weighted by Crippen LogP contribution is 2.29. The molecule has 0 radical (unpaired) electrons. The molecule has 22 heavy (non-hydrogen) atoms. The largest absolute Gasteiger partial charge is 0.496 e. The lowest BCUT2D eigenvalue weighted by molar-refractivity contribution is 0.293. The number of rotatable bonds is 3. The van der Waals surface area contributed by atoms with Crippen molar-refractivity contribution in [3.8, 4) is 0 Å². The molecule has 0 aliphatic heterocycles. The third kappa shape index (κ3) is 3.04. The van der Waals surface area contributed by atoms with Gasteiger partial charge in [0.2, 0.25) is 0 Å². The van der Waals surface area contributed by atoms with Crippen molar-refractivity contribution in [3.63, 3.8) is 0 Å². The summed E-state index contributed by atoms with van der Waals surface area (Å²) in [6, 6.07) is 0. The number of methoxy groups -OCH3 is 2. The quantitative estimate of drug-likeness (QED) is 0.453. The smallest absolute Gasteiger partial charge is 0.339 e. The van der Waals surface area contributed by atoms with Gasteiger partial charge in [-0.2, -0.15) is 0 Å². The zero-order valence-corrected chi connectivity index (χ0v) is 12.0. The van der Waals surface area contributed by atoms with Crippen LogP contribution in [0.3, 0.4) is 0 Å². The molecule has 0 amide bonds. The van der Waals surface area contributed by atoms with E-state index in [1.54, 1.807) is 36.5 Å². The van der Waals surface area contributed by atoms with Crippen LogP contribution in [0.5, 0.6) is 0 Å². The molecule has 0 aromatic rings. The van der Waals surface area contributed by atoms with Crippen LogP contribution < -0.4 is 0 Å². The molecular weight excluding hydrogens is 284 g/mol. The monoisotopic (exact) mass is 296 g/mol. The van der Waals surface area contributed by atoms with Crippen LogP contribution in [-0.2, 0) is 9.47 Å². The van der Waals surface area contributed by atoms with Crippen molar-refractivity contribution < 1.29 is 9.47 Å². The van der Waals surface area contributed by atoms with E-state index in [4.69, 9.17) is 20.4 Å². The summed E-state index contributed by atoms with van der Waals surface area (Å²) in [4.78, 5) is 0. The highest BCUT2D eigenvalue weighted by molar-refractivity contribution is 6.08. The highest BCUT2D eigenvalue weighted by atomic mass is 16.5. The Morgan fingerprint density at radius 1 is 0.955 bits per heavy atom. The zero-order chi connectivity index (χ0) is 15.9. The first-order valence-electron chi connectivity index (χ1n) is 6.20. The lowest BCUT2D eigenvalue weighted by Gasteiger charge is -2.19. The third-order valence-corrected chi connectivity index (χ3v) is 2.98. The minimum atomic E-state index is 0.452. The average Bonchev–Trinajstić information content (AvgIpc) is 2.55. The predicted octanol–water partition coefficient (Wildman–Crippen LogP) is 3.07. The van der Waals surface area contributed by atoms with Crippen LogP contribution >= 0.6 is 0 Å². The Labute approximate surface area is 126 Å². The average molecular weight is 296 g/mol. The topological polar surface area (TPSA) is 106 Å². The van der Waals surface area contributed by atoms with Crippen LogP contribution in [0.4, 0.5) is 0 Å². The molecule has 0 bridgehead atoms. The Kier molecular flexibility index (Phi) is 4.72. The summed E-state index contributed by atoms with van der Waals surface area (Å²) in [6.45, 7) is 0. The maximum absolute atomic E-state index is 8.49. The van der Waals surface area contributed by atoms with Gasteiger partial charge < -0.3 is 20.1 Å². The molecule has 0 spiro atoms. The molecular formula is C14H12N6O2. The summed E-state index contributed by atoms with van der Waals surface area (Å²) in [7, 11) is 3.05. The molecule has 0 saturated carbocycles. The number of nitrogens with zero attached hydrogens (tertiary/aromatic N) is 6. The molecule has 0 saturated heterocycles. The zero-order valence-electron chi connectivity index (χ0n) is 12.0. The second kappa shape index (κ2) is 6.90. The number of diazo groups is 1. The summed E-state index contributed by atoms with van der Waals surface area (Å²) in [5.74, 6) is 1.08. The molecule has 8 nitrogen and oxygen atoms in total. The Balaban J connectivity index is 2.51. The van der Waals surface area contributed by atoms with Crippen molar-refractivity contribution in [3.05, 3.63) is 69.7 Å². The maximum atomic E-state index is 8.49. The summed E-state index contributed by atoms with van der Waals surface area (Å²) in [5.41, 5.74) is 10.9. The van der Waals surface area contributed by atoms with Gasteiger partial charge in [0.05, 0.1) is 14.2 Å². The van der Waals surface area contributed by atoms with Crippen LogP contribution in [0, 0.1) is 5.39 Å². The van der Waals surface area contributed by atoms with Crippen molar-refractivity contribution in [2.75, 3.05) is 14.2 Å². The molecule has 110 valence electrons. The number of hydrogen-bond donors (Lipinski definition) is 0. The number of hydrogen-bond acceptors (Lipinski definition) is 5. The van der Waals surface area contributed by atoms with E-state index >= 15 is 0 Å². The summed E-state index contributed by atoms with van der Waals surface area (Å²) in [6.07, 6.45) is 10.2. The fourth-order valence-electron chi connectivity index (χ4n) is 2.03. The fraction of sp³-hybridized carbons (Fsp3) is 0.143. The minimum absolute atomic E-state index is 0.452. The first-order chi connectivity index (χ1) is 10.7. The van der Waals surface area contributed by atoms with Crippen LogP contribution in [0.2, 0.25) is 0 Å². The van der Waals surface area contributed by atoms with E-state index in [1.165, 1.54) is 14.2 Å². The van der Waals surface area contributed by atoms with Gasteiger partial charge in [-0.15, -0.1) is 0 Å². The SMILES string of the molecule is COC1=CC(=NN=[N-])C=CC1=C1C=CC(=N[N+]#N)C=C1OC. The van der Waals surface area contributed by atoms with E-state index in [-0.39, 0.29) is 0 Å². The second-order valence-corrected chi connectivity index (χ2v) is 4.15. The lowest BCUT2D eigenvalue weighted by atomic mass is 9.95. The van der Waals surface area contributed by atoms with Crippen LogP contribution in [-0.4, -0.2) is 25.6 Å². The van der Waals surface area contributed by atoms with Gasteiger partial charge in [0.15, 0.2) is 10.8 Å². The molecule has 2 aliphatic rings. The maximum Gasteiger partial charge on any atom is 0.339 e. The molecule has 2 aliphatic carbocycles. The van der Waals surface area contributed by atoms with E-state index in [1.807, 2.05) is 0 Å². The first kappa shape index (κ1) is 15.1. The standard InChI is InChI=1S/C14H12N6O2/c1-21-13-7-9(17-19-15)3-5-11(13)12-6-4-10(18-20-16)8-14(12)22-2/h3-8H,1-2H3. The molecule has 2 rings (SSSR count). The van der Waals surface area contributed by atoms with Gasteiger partial charge in [-0.1, -0.05) is 12.2 Å². The Bertz CT molecular complexity index is 744. The van der Waals surface area contributed by atoms with Gasteiger partial charge in [0, 0.05) is 17.2 Å². The van der Waals surface area contributed by atoms with Crippen molar-refractivity contribution in [2.45, 2.75) is 0 Å². The van der Waals surface area contributed by atoms with Gasteiger partial charge in [0.25, 0.3) is 5.39 Å². The van der Waals surface area contributed by atoms with Crippen LogP contribution in [0.1, 0.15) is 0 Å². The molecule has 0 aromatic heterocycles. The Morgan fingerprint density at radius 3 is 2.00 bits per heavy atom. The molecule has 0 atom stereocenters.